The summed E-state index contributed by atoms with van der Waals surface area (Å²) in [5, 5.41) is 0.814. The summed E-state index contributed by atoms with van der Waals surface area (Å²) in [5.74, 6) is -0.270. The second kappa shape index (κ2) is 5.07. The van der Waals surface area contributed by atoms with Crippen LogP contribution in [0, 0.1) is 5.82 Å². The van der Waals surface area contributed by atoms with Gasteiger partial charge in [0.2, 0.25) is 0 Å². The maximum atomic E-state index is 13.0. The molecular weight excluding hydrogens is 257 g/mol. The molecule has 0 fully saturated rings. The Labute approximate surface area is 105 Å². The summed E-state index contributed by atoms with van der Waals surface area (Å²) in [4.78, 5) is 3.15. The summed E-state index contributed by atoms with van der Waals surface area (Å²) in [6.07, 6.45) is 2.27. The third-order valence-electron chi connectivity index (χ3n) is 2.53. The van der Waals surface area contributed by atoms with Crippen molar-refractivity contribution in [1.29, 1.82) is 0 Å². The molecule has 0 saturated carbocycles. The van der Waals surface area contributed by atoms with E-state index in [9.17, 15) is 12.8 Å². The highest BCUT2D eigenvalue weighted by Gasteiger charge is 2.04. The number of H-pyrrole nitrogens is 1. The van der Waals surface area contributed by atoms with Gasteiger partial charge in [0.1, 0.15) is 5.82 Å². The van der Waals surface area contributed by atoms with Gasteiger partial charge in [-0.15, -0.1) is 0 Å². The van der Waals surface area contributed by atoms with Crippen LogP contribution < -0.4 is 0 Å². The van der Waals surface area contributed by atoms with E-state index in [2.05, 4.69) is 9.17 Å². The summed E-state index contributed by atoms with van der Waals surface area (Å²) in [6, 6.07) is 6.40. The third kappa shape index (κ3) is 3.54. The number of aryl methyl sites for hydroxylation is 1. The van der Waals surface area contributed by atoms with Crippen LogP contribution in [0.25, 0.3) is 10.9 Å². The highest BCUT2D eigenvalue weighted by atomic mass is 32.2. The van der Waals surface area contributed by atoms with Gasteiger partial charge in [0.05, 0.1) is 12.9 Å². The van der Waals surface area contributed by atoms with Crippen LogP contribution in [0.15, 0.2) is 24.3 Å². The van der Waals surface area contributed by atoms with Crippen LogP contribution in [0.3, 0.4) is 0 Å². The molecule has 1 heterocycles. The van der Waals surface area contributed by atoms with Crippen molar-refractivity contribution in [3.8, 4) is 0 Å². The van der Waals surface area contributed by atoms with E-state index in [4.69, 9.17) is 0 Å². The van der Waals surface area contributed by atoms with E-state index in [1.54, 1.807) is 6.07 Å². The topological polar surface area (TPSA) is 59.2 Å². The number of benzene rings is 1. The molecule has 0 radical (unpaired) electrons. The van der Waals surface area contributed by atoms with Gasteiger partial charge >= 0.3 is 0 Å². The number of hydrogen-bond acceptors (Lipinski definition) is 3. The highest BCUT2D eigenvalue weighted by molar-refractivity contribution is 7.85. The summed E-state index contributed by atoms with van der Waals surface area (Å²) in [6.45, 7) is 0.155. The van der Waals surface area contributed by atoms with Gasteiger partial charge < -0.3 is 4.98 Å². The van der Waals surface area contributed by atoms with E-state index in [0.29, 0.717) is 12.8 Å². The zero-order valence-corrected chi connectivity index (χ0v) is 10.8. The van der Waals surface area contributed by atoms with E-state index in [1.165, 1.54) is 12.1 Å². The first-order valence-electron chi connectivity index (χ1n) is 5.55. The normalized spacial score (nSPS) is 12.1. The molecule has 18 heavy (non-hydrogen) atoms. The molecule has 0 saturated heterocycles. The predicted octanol–water partition coefficient (Wildman–Crippen LogP) is 2.22. The van der Waals surface area contributed by atoms with Crippen LogP contribution in [0.1, 0.15) is 12.1 Å². The maximum Gasteiger partial charge on any atom is 0.264 e. The minimum Gasteiger partial charge on any atom is -0.358 e. The van der Waals surface area contributed by atoms with Gasteiger partial charge in [-0.3, -0.25) is 4.18 Å². The first-order valence-corrected chi connectivity index (χ1v) is 7.37. The van der Waals surface area contributed by atoms with Crippen molar-refractivity contribution in [3.63, 3.8) is 0 Å². The lowest BCUT2D eigenvalue weighted by Gasteiger charge is -1.99. The summed E-state index contributed by atoms with van der Waals surface area (Å²) >= 11 is 0. The molecule has 0 unspecified atom stereocenters. The van der Waals surface area contributed by atoms with E-state index in [1.807, 2.05) is 6.07 Å². The van der Waals surface area contributed by atoms with Gasteiger partial charge in [-0.1, -0.05) is 0 Å². The predicted molar refractivity (Wildman–Crippen MR) is 67.4 cm³/mol. The molecule has 0 aliphatic rings. The molecular formula is C12H14FNO3S. The Balaban J connectivity index is 1.96. The number of fused-ring (bicyclic) bond motifs is 1. The molecule has 0 amide bonds. The molecule has 0 bridgehead atoms. The fourth-order valence-corrected chi connectivity index (χ4v) is 2.19. The van der Waals surface area contributed by atoms with Gasteiger partial charge in [0, 0.05) is 16.6 Å². The van der Waals surface area contributed by atoms with Gasteiger partial charge in [-0.25, -0.2) is 4.39 Å². The summed E-state index contributed by atoms with van der Waals surface area (Å²) in [5.41, 5.74) is 1.81. The van der Waals surface area contributed by atoms with Crippen LogP contribution in [0.5, 0.6) is 0 Å². The fraction of sp³-hybridized carbons (Fsp3) is 0.333. The second-order valence-electron chi connectivity index (χ2n) is 4.16. The Bertz CT molecular complexity index is 648. The molecule has 4 nitrogen and oxygen atoms in total. The molecule has 1 N–H and O–H groups in total. The monoisotopic (exact) mass is 271 g/mol. The van der Waals surface area contributed by atoms with Gasteiger partial charge in [0.25, 0.3) is 10.1 Å². The Hall–Kier alpha value is -1.40. The molecule has 2 aromatic rings. The van der Waals surface area contributed by atoms with E-state index in [0.717, 1.165) is 22.9 Å². The van der Waals surface area contributed by atoms with Crippen molar-refractivity contribution in [2.24, 2.45) is 0 Å². The summed E-state index contributed by atoms with van der Waals surface area (Å²) < 4.78 is 39.1. The molecule has 1 aromatic carbocycles. The number of aromatic nitrogens is 1. The number of aromatic amines is 1. The van der Waals surface area contributed by atoms with Crippen molar-refractivity contribution < 1.29 is 17.0 Å². The Morgan fingerprint density at radius 1 is 1.33 bits per heavy atom. The number of rotatable bonds is 5. The minimum atomic E-state index is -3.37. The Morgan fingerprint density at radius 3 is 2.83 bits per heavy atom. The van der Waals surface area contributed by atoms with Crippen LogP contribution in [-0.2, 0) is 20.7 Å². The zero-order valence-electron chi connectivity index (χ0n) is 9.94. The lowest BCUT2D eigenvalue weighted by Crippen LogP contribution is -2.04. The molecule has 0 spiro atoms. The van der Waals surface area contributed by atoms with Crippen molar-refractivity contribution in [2.45, 2.75) is 12.8 Å². The lowest BCUT2D eigenvalue weighted by molar-refractivity contribution is 0.315. The quantitative estimate of drug-likeness (QED) is 0.670. The molecule has 1 aromatic heterocycles. The van der Waals surface area contributed by atoms with Gasteiger partial charge in [-0.05, 0) is 37.1 Å². The van der Waals surface area contributed by atoms with E-state index < -0.39 is 10.1 Å². The van der Waals surface area contributed by atoms with Crippen LogP contribution >= 0.6 is 0 Å². The largest absolute Gasteiger partial charge is 0.358 e. The third-order valence-corrected chi connectivity index (χ3v) is 3.12. The van der Waals surface area contributed by atoms with Crippen molar-refractivity contribution >= 4 is 21.0 Å². The Kier molecular flexibility index (Phi) is 3.68. The molecule has 2 rings (SSSR count). The van der Waals surface area contributed by atoms with Gasteiger partial charge in [-0.2, -0.15) is 8.42 Å². The molecule has 0 atom stereocenters. The average molecular weight is 271 g/mol. The summed E-state index contributed by atoms with van der Waals surface area (Å²) in [7, 11) is -3.37. The fourth-order valence-electron chi connectivity index (χ4n) is 1.77. The number of nitrogens with one attached hydrogen (secondary N) is 1. The smallest absolute Gasteiger partial charge is 0.264 e. The molecule has 98 valence electrons. The minimum absolute atomic E-state index is 0.155. The average Bonchev–Trinajstić information content (AvgIpc) is 2.65. The van der Waals surface area contributed by atoms with Crippen LogP contribution in [0.4, 0.5) is 4.39 Å². The molecule has 0 aliphatic heterocycles. The Morgan fingerprint density at radius 2 is 2.11 bits per heavy atom. The second-order valence-corrected chi connectivity index (χ2v) is 5.80. The number of halogens is 1. The zero-order chi connectivity index (χ0) is 13.2. The van der Waals surface area contributed by atoms with Crippen molar-refractivity contribution in [1.82, 2.24) is 4.98 Å². The van der Waals surface area contributed by atoms with Crippen LogP contribution in [0.2, 0.25) is 0 Å². The SMILES string of the molecule is CS(=O)(=O)OCCCc1cc2cc(F)ccc2[nH]1. The van der Waals surface area contributed by atoms with E-state index >= 15 is 0 Å². The molecule has 6 heteroatoms. The first-order chi connectivity index (χ1) is 8.44. The van der Waals surface area contributed by atoms with Crippen LogP contribution in [-0.4, -0.2) is 26.3 Å². The number of hydrogen-bond donors (Lipinski definition) is 1. The van der Waals surface area contributed by atoms with Crippen molar-refractivity contribution in [2.75, 3.05) is 12.9 Å². The molecule has 0 aliphatic carbocycles. The van der Waals surface area contributed by atoms with Gasteiger partial charge in [0.15, 0.2) is 0 Å². The van der Waals surface area contributed by atoms with Crippen molar-refractivity contribution in [3.05, 3.63) is 35.8 Å². The van der Waals surface area contributed by atoms with E-state index in [-0.39, 0.29) is 12.4 Å². The first kappa shape index (κ1) is 13.0. The highest BCUT2D eigenvalue weighted by Crippen LogP contribution is 2.17. The standard InChI is InChI=1S/C12H14FNO3S/c1-18(15,16)17-6-2-3-11-8-9-7-10(13)4-5-12(9)14-11/h4-5,7-8,14H,2-3,6H2,1H3. The lowest BCUT2D eigenvalue weighted by atomic mass is 10.2. The maximum absolute atomic E-state index is 13.0.